The van der Waals surface area contributed by atoms with Gasteiger partial charge in [-0.3, -0.25) is 0 Å². The summed E-state index contributed by atoms with van der Waals surface area (Å²) in [5.41, 5.74) is 1.30. The molecule has 19 heavy (non-hydrogen) atoms. The Morgan fingerprint density at radius 1 is 1.32 bits per heavy atom. The first-order chi connectivity index (χ1) is 9.29. The van der Waals surface area contributed by atoms with Gasteiger partial charge in [0.15, 0.2) is 0 Å². The van der Waals surface area contributed by atoms with E-state index in [1.807, 2.05) is 11.9 Å². The molecule has 1 aromatic rings. The van der Waals surface area contributed by atoms with Gasteiger partial charge in [-0.2, -0.15) is 0 Å². The zero-order valence-corrected chi connectivity index (χ0v) is 13.1. The molecule has 0 saturated heterocycles. The molecule has 0 heterocycles. The van der Waals surface area contributed by atoms with Crippen molar-refractivity contribution >= 4 is 19.6 Å². The van der Waals surface area contributed by atoms with Gasteiger partial charge in [-0.1, -0.05) is 0 Å². The van der Waals surface area contributed by atoms with E-state index in [9.17, 15) is 4.79 Å². The van der Waals surface area contributed by atoms with Crippen molar-refractivity contribution in [1.82, 2.24) is 4.90 Å². The molecule has 2 nitrogen and oxygen atoms in total. The van der Waals surface area contributed by atoms with Crippen LogP contribution in [0.15, 0.2) is 42.5 Å². The van der Waals surface area contributed by atoms with Gasteiger partial charge in [-0.05, 0) is 0 Å². The van der Waals surface area contributed by atoms with Crippen molar-refractivity contribution in [3.05, 3.63) is 48.0 Å². The topological polar surface area (TPSA) is 20.3 Å². The maximum atomic E-state index is 11.8. The second-order valence-electron chi connectivity index (χ2n) is 4.90. The van der Waals surface area contributed by atoms with E-state index in [0.717, 1.165) is 19.4 Å². The van der Waals surface area contributed by atoms with Crippen LogP contribution in [0.3, 0.4) is 0 Å². The molecule has 102 valence electrons. The van der Waals surface area contributed by atoms with Crippen molar-refractivity contribution in [3.63, 3.8) is 0 Å². The number of nitrogens with zero attached hydrogens (tertiary/aromatic N) is 1. The van der Waals surface area contributed by atoms with Crippen LogP contribution in [0.1, 0.15) is 24.8 Å². The Bertz CT molecular complexity index is 430. The Labute approximate surface area is 122 Å². The van der Waals surface area contributed by atoms with Gasteiger partial charge in [0.05, 0.1) is 0 Å². The van der Waals surface area contributed by atoms with Gasteiger partial charge < -0.3 is 0 Å². The molecule has 1 unspecified atom stereocenters. The fraction of sp³-hybridized carbons (Fsp3) is 0.438. The maximum absolute atomic E-state index is 11.8. The third-order valence-corrected chi connectivity index (χ3v) is 4.77. The van der Waals surface area contributed by atoms with Gasteiger partial charge in [-0.15, -0.1) is 0 Å². The van der Waals surface area contributed by atoms with Crippen LogP contribution in [0.4, 0.5) is 0 Å². The average molecular weight is 322 g/mol. The minimum absolute atomic E-state index is 0.111. The molecular weight excluding hydrogens is 301 g/mol. The molecule has 2 rings (SSSR count). The zero-order chi connectivity index (χ0) is 13.5. The van der Waals surface area contributed by atoms with Gasteiger partial charge in [0, 0.05) is 0 Å². The molecule has 0 amide bonds. The second-order valence-corrected chi connectivity index (χ2v) is 6.72. The third kappa shape index (κ3) is 4.61. The standard InChI is InChI=1S/C16H21NOSe/c1-19-16(18)13-17(15-10-6-3-7-11-15)12-14-8-4-2-5-9-14/h2-6,8-9,15H,7,10-13H2,1H3. The summed E-state index contributed by atoms with van der Waals surface area (Å²) in [6.07, 6.45) is 7.90. The van der Waals surface area contributed by atoms with Crippen LogP contribution >= 0.6 is 0 Å². The molecule has 0 aliphatic heterocycles. The van der Waals surface area contributed by atoms with E-state index >= 15 is 0 Å². The van der Waals surface area contributed by atoms with Crippen LogP contribution < -0.4 is 0 Å². The summed E-state index contributed by atoms with van der Waals surface area (Å²) in [6.45, 7) is 1.51. The molecule has 1 atom stereocenters. The van der Waals surface area contributed by atoms with Gasteiger partial charge >= 0.3 is 122 Å². The molecule has 3 heteroatoms. The van der Waals surface area contributed by atoms with Crippen molar-refractivity contribution in [2.45, 2.75) is 37.7 Å². The Morgan fingerprint density at radius 2 is 2.11 bits per heavy atom. The van der Waals surface area contributed by atoms with Crippen LogP contribution in [0.5, 0.6) is 0 Å². The molecule has 0 saturated carbocycles. The number of hydrogen-bond donors (Lipinski definition) is 0. The van der Waals surface area contributed by atoms with Crippen molar-refractivity contribution in [2.75, 3.05) is 6.54 Å². The van der Waals surface area contributed by atoms with Crippen molar-refractivity contribution in [2.24, 2.45) is 0 Å². The summed E-state index contributed by atoms with van der Waals surface area (Å²) in [7, 11) is 0. The van der Waals surface area contributed by atoms with Gasteiger partial charge in [0.25, 0.3) is 0 Å². The molecule has 0 N–H and O–H groups in total. The van der Waals surface area contributed by atoms with Gasteiger partial charge in [0.1, 0.15) is 0 Å². The fourth-order valence-corrected chi connectivity index (χ4v) is 3.09. The first kappa shape index (κ1) is 14.5. The normalized spacial score (nSPS) is 18.7. The van der Waals surface area contributed by atoms with Gasteiger partial charge in [0.2, 0.25) is 0 Å². The van der Waals surface area contributed by atoms with Crippen LogP contribution in [-0.4, -0.2) is 37.1 Å². The molecule has 1 aliphatic carbocycles. The first-order valence-electron chi connectivity index (χ1n) is 6.79. The molecule has 1 aromatic carbocycles. The van der Waals surface area contributed by atoms with E-state index < -0.39 is 0 Å². The van der Waals surface area contributed by atoms with Gasteiger partial charge in [-0.25, -0.2) is 0 Å². The summed E-state index contributed by atoms with van der Waals surface area (Å²) < 4.78 is 0.401. The number of rotatable bonds is 6. The fourth-order valence-electron chi connectivity index (χ4n) is 2.47. The Morgan fingerprint density at radius 3 is 2.74 bits per heavy atom. The predicted octanol–water partition coefficient (Wildman–Crippen LogP) is 2.88. The number of carbonyl (C=O) groups is 1. The van der Waals surface area contributed by atoms with Crippen LogP contribution in [0.25, 0.3) is 0 Å². The Balaban J connectivity index is 2.05. The monoisotopic (exact) mass is 323 g/mol. The van der Waals surface area contributed by atoms with E-state index in [2.05, 4.69) is 41.3 Å². The van der Waals surface area contributed by atoms with Crippen molar-refractivity contribution in [3.8, 4) is 0 Å². The van der Waals surface area contributed by atoms with E-state index in [0.29, 0.717) is 17.3 Å². The minimum atomic E-state index is 0.111. The second kappa shape index (κ2) is 7.64. The van der Waals surface area contributed by atoms with Crippen LogP contribution in [0.2, 0.25) is 5.82 Å². The molecule has 0 radical (unpaired) electrons. The predicted molar refractivity (Wildman–Crippen MR) is 80.3 cm³/mol. The number of hydrogen-bond acceptors (Lipinski definition) is 2. The quantitative estimate of drug-likeness (QED) is 0.593. The summed E-state index contributed by atoms with van der Waals surface area (Å²) in [5, 5.41) is 0. The summed E-state index contributed by atoms with van der Waals surface area (Å²) >= 11 is 0.111. The Hall–Kier alpha value is -0.891. The number of allylic oxidation sites excluding steroid dienone is 1. The molecule has 1 aliphatic rings. The van der Waals surface area contributed by atoms with Crippen molar-refractivity contribution in [1.29, 1.82) is 0 Å². The molecule has 0 bridgehead atoms. The van der Waals surface area contributed by atoms with Crippen LogP contribution in [0, 0.1) is 0 Å². The van der Waals surface area contributed by atoms with Crippen molar-refractivity contribution < 1.29 is 4.79 Å². The Kier molecular flexibility index (Phi) is 5.84. The average Bonchev–Trinajstić information content (AvgIpc) is 2.48. The molecule has 0 spiro atoms. The van der Waals surface area contributed by atoms with Crippen LogP contribution in [-0.2, 0) is 11.3 Å². The summed E-state index contributed by atoms with van der Waals surface area (Å²) in [5.74, 6) is 2.01. The number of benzene rings is 1. The van der Waals surface area contributed by atoms with E-state index in [4.69, 9.17) is 0 Å². The molecule has 0 fully saturated rings. The molecule has 0 aromatic heterocycles. The van der Waals surface area contributed by atoms with E-state index in [-0.39, 0.29) is 15.0 Å². The van der Waals surface area contributed by atoms with E-state index in [1.165, 1.54) is 12.0 Å². The van der Waals surface area contributed by atoms with E-state index in [1.54, 1.807) is 0 Å². The summed E-state index contributed by atoms with van der Waals surface area (Å²) in [4.78, 5) is 14.2. The summed E-state index contributed by atoms with van der Waals surface area (Å²) in [6, 6.07) is 11.0. The first-order valence-corrected chi connectivity index (χ1v) is 9.36. The number of carbonyl (C=O) groups excluding carboxylic acids is 1. The zero-order valence-electron chi connectivity index (χ0n) is 11.4. The molecular formula is C16H21NOSe. The third-order valence-electron chi connectivity index (χ3n) is 3.55. The SMILES string of the molecule is C[Se]C(=O)CN(Cc1ccccc1)C1CC=CCC1.